The van der Waals surface area contributed by atoms with Crippen molar-refractivity contribution < 1.29 is 8.42 Å². The molecule has 2 rings (SSSR count). The average Bonchev–Trinajstić information content (AvgIpc) is 2.67. The van der Waals surface area contributed by atoms with Gasteiger partial charge >= 0.3 is 0 Å². The van der Waals surface area contributed by atoms with Crippen molar-refractivity contribution in [2.45, 2.75) is 63.9 Å². The van der Waals surface area contributed by atoms with Gasteiger partial charge in [0.25, 0.3) is 0 Å². The molecule has 1 N–H and O–H groups in total. The first-order chi connectivity index (χ1) is 9.96. The summed E-state index contributed by atoms with van der Waals surface area (Å²) in [5.74, 6) is 0. The molecule has 1 fully saturated rings. The second-order valence-corrected chi connectivity index (χ2v) is 8.93. The summed E-state index contributed by atoms with van der Waals surface area (Å²) in [5.41, 5.74) is 0. The van der Waals surface area contributed by atoms with Gasteiger partial charge in [-0.05, 0) is 39.3 Å². The van der Waals surface area contributed by atoms with E-state index >= 15 is 0 Å². The second-order valence-electron chi connectivity index (χ2n) is 5.73. The SMILES string of the molecule is CCNCc1cc(S(=O)(=O)N2CCCCCC2C)c(C)s1. The van der Waals surface area contributed by atoms with Crippen molar-refractivity contribution in [1.82, 2.24) is 9.62 Å². The standard InChI is InChI=1S/C15H26N2O2S2/c1-4-16-11-14-10-15(13(3)20-14)21(18,19)17-9-7-5-6-8-12(17)2/h10,12,16H,4-9,11H2,1-3H3. The van der Waals surface area contributed by atoms with Crippen LogP contribution < -0.4 is 5.32 Å². The fourth-order valence-electron chi connectivity index (χ4n) is 2.85. The number of aryl methyl sites for hydroxylation is 1. The molecule has 1 unspecified atom stereocenters. The van der Waals surface area contributed by atoms with Gasteiger partial charge < -0.3 is 5.32 Å². The third kappa shape index (κ3) is 3.86. The number of rotatable bonds is 5. The van der Waals surface area contributed by atoms with Crippen molar-refractivity contribution in [3.63, 3.8) is 0 Å². The molecule has 0 spiro atoms. The van der Waals surface area contributed by atoms with E-state index in [0.29, 0.717) is 11.4 Å². The monoisotopic (exact) mass is 330 g/mol. The molecule has 6 heteroatoms. The first-order valence-electron chi connectivity index (χ1n) is 7.78. The lowest BCUT2D eigenvalue weighted by molar-refractivity contribution is 0.342. The lowest BCUT2D eigenvalue weighted by atomic mass is 10.1. The lowest BCUT2D eigenvalue weighted by Gasteiger charge is -2.26. The molecule has 0 saturated carbocycles. The molecule has 1 atom stereocenters. The minimum Gasteiger partial charge on any atom is -0.312 e. The summed E-state index contributed by atoms with van der Waals surface area (Å²) in [4.78, 5) is 2.50. The van der Waals surface area contributed by atoms with Crippen LogP contribution >= 0.6 is 11.3 Å². The maximum atomic E-state index is 13.0. The van der Waals surface area contributed by atoms with E-state index < -0.39 is 10.0 Å². The molecule has 4 nitrogen and oxygen atoms in total. The zero-order valence-electron chi connectivity index (χ0n) is 13.2. The van der Waals surface area contributed by atoms with E-state index in [1.54, 1.807) is 15.6 Å². The third-order valence-corrected chi connectivity index (χ3v) is 7.37. The number of nitrogens with one attached hydrogen (secondary N) is 1. The molecule has 1 aliphatic rings. The van der Waals surface area contributed by atoms with Gasteiger partial charge in [-0.15, -0.1) is 11.3 Å². The Balaban J connectivity index is 2.27. The molecule has 0 bridgehead atoms. The van der Waals surface area contributed by atoms with Crippen molar-refractivity contribution in [2.75, 3.05) is 13.1 Å². The number of thiophene rings is 1. The molecule has 1 aliphatic heterocycles. The highest BCUT2D eigenvalue weighted by molar-refractivity contribution is 7.89. The maximum absolute atomic E-state index is 13.0. The Labute approximate surface area is 132 Å². The second kappa shape index (κ2) is 7.22. The molecule has 1 aromatic heterocycles. The molecule has 120 valence electrons. The smallest absolute Gasteiger partial charge is 0.244 e. The minimum atomic E-state index is -3.35. The van der Waals surface area contributed by atoms with Gasteiger partial charge in [0.15, 0.2) is 0 Å². The van der Waals surface area contributed by atoms with Crippen molar-refractivity contribution in [3.05, 3.63) is 15.8 Å². The highest BCUT2D eigenvalue weighted by Gasteiger charge is 2.32. The average molecular weight is 331 g/mol. The molecule has 1 saturated heterocycles. The van der Waals surface area contributed by atoms with Gasteiger partial charge in [0, 0.05) is 28.9 Å². The number of hydrogen-bond acceptors (Lipinski definition) is 4. The molecule has 0 amide bonds. The van der Waals surface area contributed by atoms with Crippen molar-refractivity contribution >= 4 is 21.4 Å². The van der Waals surface area contributed by atoms with Gasteiger partial charge in [-0.3, -0.25) is 0 Å². The summed E-state index contributed by atoms with van der Waals surface area (Å²) in [5, 5.41) is 3.26. The Hall–Kier alpha value is -0.430. The van der Waals surface area contributed by atoms with E-state index in [0.717, 1.165) is 48.5 Å². The van der Waals surface area contributed by atoms with Crippen LogP contribution in [0.25, 0.3) is 0 Å². The van der Waals surface area contributed by atoms with Gasteiger partial charge in [0.2, 0.25) is 10.0 Å². The van der Waals surface area contributed by atoms with E-state index in [1.807, 2.05) is 19.9 Å². The van der Waals surface area contributed by atoms with E-state index in [1.165, 1.54) is 0 Å². The number of sulfonamides is 1. The van der Waals surface area contributed by atoms with Crippen LogP contribution in [0, 0.1) is 6.92 Å². The summed E-state index contributed by atoms with van der Waals surface area (Å²) >= 11 is 1.58. The molecule has 0 aromatic carbocycles. The van der Waals surface area contributed by atoms with E-state index in [-0.39, 0.29) is 6.04 Å². The van der Waals surface area contributed by atoms with Crippen LogP contribution in [0.15, 0.2) is 11.0 Å². The van der Waals surface area contributed by atoms with Gasteiger partial charge in [-0.1, -0.05) is 19.8 Å². The van der Waals surface area contributed by atoms with Crippen LogP contribution in [0.3, 0.4) is 0 Å². The Morgan fingerprint density at radius 2 is 2.14 bits per heavy atom. The van der Waals surface area contributed by atoms with Crippen LogP contribution in [0.4, 0.5) is 0 Å². The summed E-state index contributed by atoms with van der Waals surface area (Å²) in [6.45, 7) is 8.28. The Kier molecular flexibility index (Phi) is 5.82. The van der Waals surface area contributed by atoms with E-state index in [9.17, 15) is 8.42 Å². The van der Waals surface area contributed by atoms with Crippen molar-refractivity contribution in [2.24, 2.45) is 0 Å². The van der Waals surface area contributed by atoms with Crippen LogP contribution in [-0.4, -0.2) is 31.9 Å². The zero-order chi connectivity index (χ0) is 15.5. The highest BCUT2D eigenvalue weighted by Crippen LogP contribution is 2.31. The van der Waals surface area contributed by atoms with Crippen LogP contribution in [0.1, 0.15) is 49.3 Å². The molecule has 0 radical (unpaired) electrons. The van der Waals surface area contributed by atoms with Crippen molar-refractivity contribution in [1.29, 1.82) is 0 Å². The first-order valence-corrected chi connectivity index (χ1v) is 10.0. The molecule has 2 heterocycles. The predicted octanol–water partition coefficient (Wildman–Crippen LogP) is 3.12. The van der Waals surface area contributed by atoms with Gasteiger partial charge in [-0.2, -0.15) is 4.31 Å². The third-order valence-electron chi connectivity index (χ3n) is 4.05. The van der Waals surface area contributed by atoms with Gasteiger partial charge in [-0.25, -0.2) is 8.42 Å². The molecular formula is C15H26N2O2S2. The van der Waals surface area contributed by atoms with Crippen LogP contribution in [-0.2, 0) is 16.6 Å². The van der Waals surface area contributed by atoms with Crippen molar-refractivity contribution in [3.8, 4) is 0 Å². The molecule has 0 aliphatic carbocycles. The lowest BCUT2D eigenvalue weighted by Crippen LogP contribution is -2.38. The molecule has 21 heavy (non-hydrogen) atoms. The highest BCUT2D eigenvalue weighted by atomic mass is 32.2. The quantitative estimate of drug-likeness (QED) is 0.902. The van der Waals surface area contributed by atoms with E-state index in [2.05, 4.69) is 12.2 Å². The topological polar surface area (TPSA) is 49.4 Å². The van der Waals surface area contributed by atoms with Crippen LogP contribution in [0.2, 0.25) is 0 Å². The van der Waals surface area contributed by atoms with Gasteiger partial charge in [0.1, 0.15) is 0 Å². The minimum absolute atomic E-state index is 0.106. The van der Waals surface area contributed by atoms with Crippen LogP contribution in [0.5, 0.6) is 0 Å². The summed E-state index contributed by atoms with van der Waals surface area (Å²) in [7, 11) is -3.35. The summed E-state index contributed by atoms with van der Waals surface area (Å²) in [6, 6.07) is 1.96. The Morgan fingerprint density at radius 1 is 1.38 bits per heavy atom. The molecule has 1 aromatic rings. The maximum Gasteiger partial charge on any atom is 0.244 e. The predicted molar refractivity (Wildman–Crippen MR) is 88.3 cm³/mol. The summed E-state index contributed by atoms with van der Waals surface area (Å²) < 4.78 is 27.7. The molecular weight excluding hydrogens is 304 g/mol. The zero-order valence-corrected chi connectivity index (χ0v) is 14.8. The fraction of sp³-hybridized carbons (Fsp3) is 0.733. The van der Waals surface area contributed by atoms with E-state index in [4.69, 9.17) is 0 Å². The Bertz CT molecular complexity index is 566. The normalized spacial score (nSPS) is 21.4. The Morgan fingerprint density at radius 3 is 2.86 bits per heavy atom. The fourth-order valence-corrected chi connectivity index (χ4v) is 6.12. The largest absolute Gasteiger partial charge is 0.312 e. The number of hydrogen-bond donors (Lipinski definition) is 1. The first kappa shape index (κ1) is 16.9. The summed E-state index contributed by atoms with van der Waals surface area (Å²) in [6.07, 6.45) is 4.19. The number of nitrogens with zero attached hydrogens (tertiary/aromatic N) is 1. The van der Waals surface area contributed by atoms with Gasteiger partial charge in [0.05, 0.1) is 4.90 Å².